The standard InChI is InChI=1S/C26H33N3O3/c1-17-4-3-5-19-14-22-23(24(30)26(17,19)2)21(25(31)32-22)16-28-10-12-29(13-11-28)20-8-6-18(15-27)7-9-20/h5-9,17,21-24,30H,3-4,10-14,16H2,1-2H3/t17-,21-,22-,23-,24+,26-/m1/s1. The molecular weight excluding hydrogens is 402 g/mol. The molecule has 0 amide bonds. The molecule has 6 nitrogen and oxygen atoms in total. The number of rotatable bonds is 3. The number of nitriles is 1. The molecular formula is C26H33N3O3. The average Bonchev–Trinajstić information content (AvgIpc) is 3.11. The first-order chi connectivity index (χ1) is 15.4. The number of carbonyl (C=O) groups is 1. The summed E-state index contributed by atoms with van der Waals surface area (Å²) in [5.41, 5.74) is 2.84. The maximum absolute atomic E-state index is 12.9. The first-order valence-corrected chi connectivity index (χ1v) is 12.0. The quantitative estimate of drug-likeness (QED) is 0.581. The van der Waals surface area contributed by atoms with Crippen molar-refractivity contribution in [1.29, 1.82) is 5.26 Å². The van der Waals surface area contributed by atoms with Crippen LogP contribution in [0.25, 0.3) is 0 Å². The van der Waals surface area contributed by atoms with Gasteiger partial charge < -0.3 is 14.7 Å². The molecule has 6 atom stereocenters. The van der Waals surface area contributed by atoms with Gasteiger partial charge in [-0.1, -0.05) is 25.5 Å². The van der Waals surface area contributed by atoms with Crippen LogP contribution in [-0.4, -0.2) is 60.9 Å². The van der Waals surface area contributed by atoms with Crippen LogP contribution in [0.2, 0.25) is 0 Å². The summed E-state index contributed by atoms with van der Waals surface area (Å²) >= 11 is 0. The maximum Gasteiger partial charge on any atom is 0.311 e. The zero-order chi connectivity index (χ0) is 22.5. The van der Waals surface area contributed by atoms with Gasteiger partial charge in [0.25, 0.3) is 0 Å². The van der Waals surface area contributed by atoms with Crippen LogP contribution in [0.15, 0.2) is 35.9 Å². The van der Waals surface area contributed by atoms with Gasteiger partial charge in [0.2, 0.25) is 0 Å². The molecule has 0 radical (unpaired) electrons. The number of esters is 1. The number of ether oxygens (including phenoxy) is 1. The number of allylic oxidation sites excluding steroid dienone is 1. The van der Waals surface area contributed by atoms with E-state index in [1.54, 1.807) is 0 Å². The maximum atomic E-state index is 12.9. The summed E-state index contributed by atoms with van der Waals surface area (Å²) in [5.74, 6) is -0.111. The molecule has 1 saturated carbocycles. The van der Waals surface area contributed by atoms with Crippen molar-refractivity contribution in [1.82, 2.24) is 4.90 Å². The van der Waals surface area contributed by atoms with E-state index in [1.165, 1.54) is 5.57 Å². The highest BCUT2D eigenvalue weighted by molar-refractivity contribution is 5.76. The zero-order valence-electron chi connectivity index (χ0n) is 19.0. The molecule has 2 heterocycles. The minimum Gasteiger partial charge on any atom is -0.461 e. The summed E-state index contributed by atoms with van der Waals surface area (Å²) in [7, 11) is 0. The molecule has 170 valence electrons. The normalized spacial score (nSPS) is 37.2. The van der Waals surface area contributed by atoms with Crippen LogP contribution >= 0.6 is 0 Å². The Labute approximate surface area is 190 Å². The van der Waals surface area contributed by atoms with Crippen molar-refractivity contribution in [3.63, 3.8) is 0 Å². The Balaban J connectivity index is 1.26. The first kappa shape index (κ1) is 21.5. The van der Waals surface area contributed by atoms with Crippen molar-refractivity contribution in [2.24, 2.45) is 23.2 Å². The SMILES string of the molecule is C[C@@H]1CCC=C2C[C@H]3OC(=O)[C@H](CN4CCN(c5ccc(C#N)cc5)CC4)[C@H]3[C@H](O)[C@@]21C. The molecule has 0 bridgehead atoms. The fraction of sp³-hybridized carbons (Fsp3) is 0.615. The number of aliphatic hydroxyl groups is 1. The van der Waals surface area contributed by atoms with E-state index in [1.807, 2.05) is 24.3 Å². The topological polar surface area (TPSA) is 76.8 Å². The molecule has 0 aromatic heterocycles. The summed E-state index contributed by atoms with van der Waals surface area (Å²) < 4.78 is 5.83. The Hall–Kier alpha value is -2.36. The Bertz CT molecular complexity index is 944. The van der Waals surface area contributed by atoms with Gasteiger partial charge in [0.05, 0.1) is 23.7 Å². The molecule has 32 heavy (non-hydrogen) atoms. The van der Waals surface area contributed by atoms with Gasteiger partial charge in [0.1, 0.15) is 6.10 Å². The van der Waals surface area contributed by atoms with Crippen LogP contribution in [-0.2, 0) is 9.53 Å². The molecule has 1 N–H and O–H groups in total. The third-order valence-corrected chi connectivity index (χ3v) is 8.76. The van der Waals surface area contributed by atoms with Crippen LogP contribution < -0.4 is 4.90 Å². The van der Waals surface area contributed by atoms with E-state index in [2.05, 4.69) is 35.8 Å². The van der Waals surface area contributed by atoms with Crippen LogP contribution in [0.3, 0.4) is 0 Å². The predicted octanol–water partition coefficient (Wildman–Crippen LogP) is 2.97. The summed E-state index contributed by atoms with van der Waals surface area (Å²) in [4.78, 5) is 17.6. The lowest BCUT2D eigenvalue weighted by molar-refractivity contribution is -0.145. The van der Waals surface area contributed by atoms with Gasteiger partial charge in [-0.2, -0.15) is 5.26 Å². The minimum atomic E-state index is -0.542. The summed E-state index contributed by atoms with van der Waals surface area (Å²) in [6, 6.07) is 9.88. The number of benzene rings is 1. The van der Waals surface area contributed by atoms with Crippen molar-refractivity contribution in [2.75, 3.05) is 37.6 Å². The zero-order valence-corrected chi connectivity index (χ0v) is 19.0. The average molecular weight is 436 g/mol. The Morgan fingerprint density at radius 3 is 2.62 bits per heavy atom. The molecule has 5 rings (SSSR count). The lowest BCUT2D eigenvalue weighted by Gasteiger charge is -2.52. The fourth-order valence-corrected chi connectivity index (χ4v) is 6.49. The van der Waals surface area contributed by atoms with Crippen LogP contribution in [0.5, 0.6) is 0 Å². The second kappa shape index (κ2) is 8.20. The largest absolute Gasteiger partial charge is 0.461 e. The van der Waals surface area contributed by atoms with Gasteiger partial charge in [-0.15, -0.1) is 0 Å². The molecule has 1 aromatic rings. The Morgan fingerprint density at radius 1 is 1.22 bits per heavy atom. The summed E-state index contributed by atoms with van der Waals surface area (Å²) in [6.07, 6.45) is 4.47. The van der Waals surface area contributed by atoms with Crippen LogP contribution in [0.4, 0.5) is 5.69 Å². The molecule has 4 aliphatic rings. The molecule has 2 saturated heterocycles. The van der Waals surface area contributed by atoms with E-state index in [0.29, 0.717) is 18.0 Å². The second-order valence-corrected chi connectivity index (χ2v) is 10.2. The number of carbonyl (C=O) groups excluding carboxylic acids is 1. The number of aliphatic hydroxyl groups excluding tert-OH is 1. The van der Waals surface area contributed by atoms with Gasteiger partial charge in [-0.05, 0) is 43.0 Å². The molecule has 1 aromatic carbocycles. The van der Waals surface area contributed by atoms with E-state index in [-0.39, 0.29) is 29.3 Å². The second-order valence-electron chi connectivity index (χ2n) is 10.2. The minimum absolute atomic E-state index is 0.123. The monoisotopic (exact) mass is 435 g/mol. The first-order valence-electron chi connectivity index (χ1n) is 12.0. The van der Waals surface area contributed by atoms with E-state index in [4.69, 9.17) is 10.00 Å². The van der Waals surface area contributed by atoms with E-state index in [0.717, 1.165) is 51.1 Å². The highest BCUT2D eigenvalue weighted by Gasteiger charge is 2.59. The number of piperazine rings is 1. The van der Waals surface area contributed by atoms with Gasteiger partial charge in [0, 0.05) is 56.2 Å². The van der Waals surface area contributed by atoms with E-state index < -0.39 is 6.10 Å². The third-order valence-electron chi connectivity index (χ3n) is 8.76. The number of hydrogen-bond donors (Lipinski definition) is 1. The number of fused-ring (bicyclic) bond motifs is 2. The van der Waals surface area contributed by atoms with E-state index >= 15 is 0 Å². The highest BCUT2D eigenvalue weighted by Crippen LogP contribution is 2.56. The van der Waals surface area contributed by atoms with Gasteiger partial charge in [0.15, 0.2) is 0 Å². The predicted molar refractivity (Wildman–Crippen MR) is 122 cm³/mol. The van der Waals surface area contributed by atoms with Crippen LogP contribution in [0.1, 0.15) is 38.7 Å². The Kier molecular flexibility index (Phi) is 5.51. The molecule has 2 aliphatic heterocycles. The summed E-state index contributed by atoms with van der Waals surface area (Å²) in [5, 5.41) is 20.5. The molecule has 6 heteroatoms. The highest BCUT2D eigenvalue weighted by atomic mass is 16.6. The van der Waals surface area contributed by atoms with E-state index in [9.17, 15) is 9.90 Å². The number of nitrogens with zero attached hydrogens (tertiary/aromatic N) is 3. The lowest BCUT2D eigenvalue weighted by atomic mass is 9.55. The third kappa shape index (κ3) is 3.43. The molecule has 0 spiro atoms. The molecule has 2 aliphatic carbocycles. The number of hydrogen-bond acceptors (Lipinski definition) is 6. The lowest BCUT2D eigenvalue weighted by Crippen LogP contribution is -2.55. The van der Waals surface area contributed by atoms with Gasteiger partial charge in [-0.25, -0.2) is 0 Å². The van der Waals surface area contributed by atoms with Crippen molar-refractivity contribution in [3.8, 4) is 6.07 Å². The van der Waals surface area contributed by atoms with Crippen molar-refractivity contribution < 1.29 is 14.6 Å². The molecule has 3 fully saturated rings. The van der Waals surface area contributed by atoms with Crippen LogP contribution in [0, 0.1) is 34.5 Å². The summed E-state index contributed by atoms with van der Waals surface area (Å²) in [6.45, 7) is 8.59. The Morgan fingerprint density at radius 2 is 1.94 bits per heavy atom. The van der Waals surface area contributed by atoms with Crippen molar-refractivity contribution in [3.05, 3.63) is 41.5 Å². The smallest absolute Gasteiger partial charge is 0.311 e. The van der Waals surface area contributed by atoms with Crippen molar-refractivity contribution in [2.45, 2.75) is 45.3 Å². The van der Waals surface area contributed by atoms with Gasteiger partial charge in [-0.3, -0.25) is 9.69 Å². The number of anilines is 1. The molecule has 0 unspecified atom stereocenters. The van der Waals surface area contributed by atoms with Crippen molar-refractivity contribution >= 4 is 11.7 Å². The van der Waals surface area contributed by atoms with Gasteiger partial charge >= 0.3 is 5.97 Å². The fourth-order valence-electron chi connectivity index (χ4n) is 6.49.